The topological polar surface area (TPSA) is 89.8 Å². The lowest BCUT2D eigenvalue weighted by Gasteiger charge is -2.16. The second-order valence-electron chi connectivity index (χ2n) is 5.82. The van der Waals surface area contributed by atoms with Crippen molar-refractivity contribution in [1.82, 2.24) is 0 Å². The fraction of sp³-hybridized carbons (Fsp3) is 0.316. The zero-order valence-corrected chi connectivity index (χ0v) is 14.9. The van der Waals surface area contributed by atoms with Crippen LogP contribution >= 0.6 is 11.8 Å². The highest BCUT2D eigenvalue weighted by atomic mass is 32.2. The van der Waals surface area contributed by atoms with Gasteiger partial charge in [-0.2, -0.15) is 0 Å². The number of anilines is 1. The van der Waals surface area contributed by atoms with Crippen molar-refractivity contribution in [2.24, 2.45) is 0 Å². The number of aliphatic hydroxyl groups is 3. The summed E-state index contributed by atoms with van der Waals surface area (Å²) in [5.41, 5.74) is 2.25. The Morgan fingerprint density at radius 1 is 1.08 bits per heavy atom. The zero-order valence-electron chi connectivity index (χ0n) is 14.1. The van der Waals surface area contributed by atoms with Crippen LogP contribution in [0.2, 0.25) is 0 Å². The van der Waals surface area contributed by atoms with Gasteiger partial charge in [0.05, 0.1) is 18.8 Å². The number of nitrogens with one attached hydrogen (secondary N) is 1. The largest absolute Gasteiger partial charge is 0.392 e. The number of aliphatic hydroxyl groups excluding tert-OH is 3. The number of hydrogen-bond acceptors (Lipinski definition) is 5. The molecule has 2 rings (SSSR count). The molecule has 2 aromatic carbocycles. The Kier molecular flexibility index (Phi) is 7.46. The average Bonchev–Trinajstić information content (AvgIpc) is 2.60. The molecule has 5 nitrogen and oxygen atoms in total. The summed E-state index contributed by atoms with van der Waals surface area (Å²) in [7, 11) is 0. The van der Waals surface area contributed by atoms with Gasteiger partial charge in [0.15, 0.2) is 0 Å². The molecule has 25 heavy (non-hydrogen) atoms. The quantitative estimate of drug-likeness (QED) is 0.543. The van der Waals surface area contributed by atoms with Gasteiger partial charge in [0.2, 0.25) is 5.91 Å². The molecule has 2 aromatic rings. The van der Waals surface area contributed by atoms with E-state index in [9.17, 15) is 15.0 Å². The summed E-state index contributed by atoms with van der Waals surface area (Å²) in [6, 6.07) is 14.4. The first-order chi connectivity index (χ1) is 12.0. The lowest BCUT2D eigenvalue weighted by molar-refractivity contribution is -0.114. The predicted octanol–water partition coefficient (Wildman–Crippen LogP) is 2.71. The number of rotatable bonds is 8. The van der Waals surface area contributed by atoms with Crippen LogP contribution in [0.15, 0.2) is 53.4 Å². The van der Waals surface area contributed by atoms with Crippen LogP contribution in [-0.2, 0) is 11.4 Å². The Balaban J connectivity index is 1.81. The highest BCUT2D eigenvalue weighted by Crippen LogP contribution is 2.25. The summed E-state index contributed by atoms with van der Waals surface area (Å²) in [5.74, 6) is 0.350. The molecule has 4 N–H and O–H groups in total. The molecule has 134 valence electrons. The minimum atomic E-state index is -0.745. The van der Waals surface area contributed by atoms with E-state index in [-0.39, 0.29) is 18.9 Å². The smallest absolute Gasteiger partial charge is 0.221 e. The van der Waals surface area contributed by atoms with Crippen molar-refractivity contribution < 1.29 is 20.1 Å². The molecule has 2 unspecified atom stereocenters. The van der Waals surface area contributed by atoms with Crippen LogP contribution in [-0.4, -0.2) is 33.1 Å². The van der Waals surface area contributed by atoms with Gasteiger partial charge in [-0.1, -0.05) is 24.3 Å². The van der Waals surface area contributed by atoms with E-state index >= 15 is 0 Å². The van der Waals surface area contributed by atoms with Crippen molar-refractivity contribution in [2.45, 2.75) is 37.1 Å². The van der Waals surface area contributed by atoms with E-state index in [0.29, 0.717) is 5.75 Å². The van der Waals surface area contributed by atoms with Crippen LogP contribution in [0.1, 0.15) is 30.6 Å². The Morgan fingerprint density at radius 2 is 1.72 bits per heavy atom. The number of benzene rings is 2. The van der Waals surface area contributed by atoms with Gasteiger partial charge < -0.3 is 20.6 Å². The van der Waals surface area contributed by atoms with Gasteiger partial charge in [0.1, 0.15) is 0 Å². The molecule has 0 spiro atoms. The monoisotopic (exact) mass is 361 g/mol. The molecule has 0 bridgehead atoms. The third-order valence-electron chi connectivity index (χ3n) is 3.66. The maximum absolute atomic E-state index is 11.0. The molecule has 0 aliphatic rings. The first-order valence-corrected chi connectivity index (χ1v) is 9.02. The molecule has 1 amide bonds. The number of thioether (sulfide) groups is 1. The van der Waals surface area contributed by atoms with E-state index in [2.05, 4.69) is 5.32 Å². The molecule has 0 radical (unpaired) electrons. The first-order valence-electron chi connectivity index (χ1n) is 8.04. The standard InChI is InChI=1S/C19H23NO4S/c1-13(22)20-16-6-8-18(9-7-16)25-12-17(23)10-19(24)15-4-2-14(11-21)3-5-15/h2-9,17,19,21,23-24H,10-12H2,1H3,(H,20,22). The van der Waals surface area contributed by atoms with Crippen LogP contribution < -0.4 is 5.32 Å². The van der Waals surface area contributed by atoms with E-state index in [0.717, 1.165) is 21.7 Å². The molecular weight excluding hydrogens is 338 g/mol. The van der Waals surface area contributed by atoms with Crippen LogP contribution in [0.25, 0.3) is 0 Å². The summed E-state index contributed by atoms with van der Waals surface area (Å²) in [5, 5.41) is 32.1. The lowest BCUT2D eigenvalue weighted by atomic mass is 10.0. The van der Waals surface area contributed by atoms with Crippen LogP contribution in [0.5, 0.6) is 0 Å². The summed E-state index contributed by atoms with van der Waals surface area (Å²) >= 11 is 1.49. The van der Waals surface area contributed by atoms with E-state index in [4.69, 9.17) is 5.11 Å². The zero-order chi connectivity index (χ0) is 18.2. The minimum Gasteiger partial charge on any atom is -0.392 e. The van der Waals surface area contributed by atoms with Crippen molar-refractivity contribution in [2.75, 3.05) is 11.1 Å². The van der Waals surface area contributed by atoms with Gasteiger partial charge in [0.25, 0.3) is 0 Å². The third-order valence-corrected chi connectivity index (χ3v) is 4.82. The number of carbonyl (C=O) groups is 1. The van der Waals surface area contributed by atoms with E-state index in [1.807, 2.05) is 24.3 Å². The van der Waals surface area contributed by atoms with E-state index < -0.39 is 12.2 Å². The Labute approximate surface area is 151 Å². The predicted molar refractivity (Wildman–Crippen MR) is 99.4 cm³/mol. The lowest BCUT2D eigenvalue weighted by Crippen LogP contribution is -2.15. The summed E-state index contributed by atoms with van der Waals surface area (Å²) in [6.45, 7) is 1.43. The fourth-order valence-corrected chi connectivity index (χ4v) is 3.19. The molecule has 0 saturated carbocycles. The normalized spacial score (nSPS) is 13.3. The molecule has 6 heteroatoms. The highest BCUT2D eigenvalue weighted by Gasteiger charge is 2.14. The molecular formula is C19H23NO4S. The van der Waals surface area contributed by atoms with Crippen molar-refractivity contribution in [3.8, 4) is 0 Å². The van der Waals surface area contributed by atoms with Crippen molar-refractivity contribution in [3.05, 3.63) is 59.7 Å². The van der Waals surface area contributed by atoms with Gasteiger partial charge in [-0.3, -0.25) is 4.79 Å². The fourth-order valence-electron chi connectivity index (χ4n) is 2.34. The second kappa shape index (κ2) is 9.58. The molecule has 0 aromatic heterocycles. The minimum absolute atomic E-state index is 0.0314. The SMILES string of the molecule is CC(=O)Nc1ccc(SCC(O)CC(O)c2ccc(CO)cc2)cc1. The average molecular weight is 361 g/mol. The first kappa shape index (κ1) is 19.5. The maximum atomic E-state index is 11.0. The third kappa shape index (κ3) is 6.51. The van der Waals surface area contributed by atoms with E-state index in [1.54, 1.807) is 24.3 Å². The van der Waals surface area contributed by atoms with Gasteiger partial charge in [-0.25, -0.2) is 0 Å². The summed E-state index contributed by atoms with van der Waals surface area (Å²) in [4.78, 5) is 12.0. The molecule has 2 atom stereocenters. The molecule has 0 saturated heterocycles. The van der Waals surface area contributed by atoms with Crippen molar-refractivity contribution in [1.29, 1.82) is 0 Å². The summed E-state index contributed by atoms with van der Waals surface area (Å²) in [6.07, 6.45) is -1.15. The van der Waals surface area contributed by atoms with Crippen LogP contribution in [0.3, 0.4) is 0 Å². The number of carbonyl (C=O) groups excluding carboxylic acids is 1. The van der Waals surface area contributed by atoms with Gasteiger partial charge >= 0.3 is 0 Å². The van der Waals surface area contributed by atoms with Crippen molar-refractivity contribution in [3.63, 3.8) is 0 Å². The Bertz CT molecular complexity index is 673. The van der Waals surface area contributed by atoms with Gasteiger partial charge in [-0.05, 0) is 35.4 Å². The van der Waals surface area contributed by atoms with Crippen LogP contribution in [0.4, 0.5) is 5.69 Å². The maximum Gasteiger partial charge on any atom is 0.221 e. The molecule has 0 fully saturated rings. The highest BCUT2D eigenvalue weighted by molar-refractivity contribution is 7.99. The Morgan fingerprint density at radius 3 is 2.28 bits per heavy atom. The molecule has 0 aliphatic heterocycles. The van der Waals surface area contributed by atoms with Gasteiger partial charge in [0, 0.05) is 29.7 Å². The number of hydrogen-bond donors (Lipinski definition) is 4. The molecule has 0 aliphatic carbocycles. The van der Waals surface area contributed by atoms with Gasteiger partial charge in [-0.15, -0.1) is 11.8 Å². The van der Waals surface area contributed by atoms with Crippen LogP contribution in [0, 0.1) is 0 Å². The van der Waals surface area contributed by atoms with Crippen molar-refractivity contribution >= 4 is 23.4 Å². The Hall–Kier alpha value is -1.86. The second-order valence-corrected chi connectivity index (χ2v) is 6.91. The molecule has 0 heterocycles. The number of amides is 1. The summed E-state index contributed by atoms with van der Waals surface area (Å²) < 4.78 is 0. The van der Waals surface area contributed by atoms with E-state index in [1.165, 1.54) is 18.7 Å².